The zero-order valence-electron chi connectivity index (χ0n) is 14.5. The molecular weight excluding hydrogens is 357 g/mol. The predicted octanol–water partition coefficient (Wildman–Crippen LogP) is 1.75. The Morgan fingerprint density at radius 2 is 1.69 bits per heavy atom. The fourth-order valence-electron chi connectivity index (χ4n) is 2.26. The summed E-state index contributed by atoms with van der Waals surface area (Å²) in [4.78, 5) is 13.8. The highest BCUT2D eigenvalue weighted by Crippen LogP contribution is 2.10. The second-order valence-electron chi connectivity index (χ2n) is 5.71. The minimum atomic E-state index is -3.75. The summed E-state index contributed by atoms with van der Waals surface area (Å²) in [7, 11) is -1.82. The number of amides is 1. The van der Waals surface area contributed by atoms with Crippen LogP contribution < -0.4 is 14.9 Å². The number of nitrogens with one attached hydrogen (secondary N) is 2. The van der Waals surface area contributed by atoms with Crippen molar-refractivity contribution in [3.8, 4) is 0 Å². The zero-order chi connectivity index (χ0) is 19.0. The van der Waals surface area contributed by atoms with E-state index in [0.29, 0.717) is 13.1 Å². The van der Waals surface area contributed by atoms with Gasteiger partial charge in [-0.15, -0.1) is 0 Å². The SMILES string of the molecule is CN(CCNC(=O)CCNS(=O)(=O)c1ccc(F)cc1)c1ccccc1. The summed E-state index contributed by atoms with van der Waals surface area (Å²) in [6, 6.07) is 14.3. The van der Waals surface area contributed by atoms with Crippen LogP contribution in [-0.4, -0.2) is 41.0 Å². The van der Waals surface area contributed by atoms with Gasteiger partial charge in [0, 0.05) is 38.8 Å². The highest BCUT2D eigenvalue weighted by Gasteiger charge is 2.14. The smallest absolute Gasteiger partial charge is 0.240 e. The van der Waals surface area contributed by atoms with Crippen molar-refractivity contribution in [3.05, 3.63) is 60.4 Å². The molecular formula is C18H22FN3O3S. The van der Waals surface area contributed by atoms with Gasteiger partial charge in [-0.2, -0.15) is 0 Å². The minimum absolute atomic E-state index is 0.0233. The lowest BCUT2D eigenvalue weighted by atomic mass is 10.3. The number of likely N-dealkylation sites (N-methyl/N-ethyl adjacent to an activating group) is 1. The van der Waals surface area contributed by atoms with Gasteiger partial charge in [0.25, 0.3) is 0 Å². The van der Waals surface area contributed by atoms with Gasteiger partial charge >= 0.3 is 0 Å². The second kappa shape index (κ2) is 9.30. The average Bonchev–Trinajstić information content (AvgIpc) is 2.62. The van der Waals surface area contributed by atoms with Crippen LogP contribution in [0.15, 0.2) is 59.5 Å². The first-order valence-electron chi connectivity index (χ1n) is 8.16. The Labute approximate surface area is 153 Å². The molecule has 140 valence electrons. The Balaban J connectivity index is 1.69. The van der Waals surface area contributed by atoms with Crippen LogP contribution in [0.3, 0.4) is 0 Å². The van der Waals surface area contributed by atoms with Crippen molar-refractivity contribution in [1.29, 1.82) is 0 Å². The van der Waals surface area contributed by atoms with Crippen molar-refractivity contribution in [1.82, 2.24) is 10.0 Å². The van der Waals surface area contributed by atoms with Gasteiger partial charge in [-0.25, -0.2) is 17.5 Å². The van der Waals surface area contributed by atoms with Gasteiger partial charge < -0.3 is 10.2 Å². The molecule has 0 unspecified atom stereocenters. The molecule has 8 heteroatoms. The molecule has 0 bridgehead atoms. The molecule has 2 rings (SSSR count). The molecule has 2 aromatic rings. The molecule has 0 aliphatic heterocycles. The number of anilines is 1. The predicted molar refractivity (Wildman–Crippen MR) is 98.9 cm³/mol. The van der Waals surface area contributed by atoms with Crippen molar-refractivity contribution in [2.45, 2.75) is 11.3 Å². The van der Waals surface area contributed by atoms with E-state index in [1.807, 2.05) is 42.3 Å². The van der Waals surface area contributed by atoms with Crippen molar-refractivity contribution >= 4 is 21.6 Å². The van der Waals surface area contributed by atoms with Crippen molar-refractivity contribution in [2.24, 2.45) is 0 Å². The molecule has 0 saturated heterocycles. The Kier molecular flexibility index (Phi) is 7.11. The first-order chi connectivity index (χ1) is 12.4. The molecule has 0 radical (unpaired) electrons. The van der Waals surface area contributed by atoms with Gasteiger partial charge in [0.2, 0.25) is 15.9 Å². The van der Waals surface area contributed by atoms with Crippen LogP contribution in [-0.2, 0) is 14.8 Å². The quantitative estimate of drug-likeness (QED) is 0.696. The highest BCUT2D eigenvalue weighted by atomic mass is 32.2. The van der Waals surface area contributed by atoms with Gasteiger partial charge in [-0.05, 0) is 36.4 Å². The lowest BCUT2D eigenvalue weighted by Gasteiger charge is -2.19. The van der Waals surface area contributed by atoms with E-state index in [4.69, 9.17) is 0 Å². The first-order valence-corrected chi connectivity index (χ1v) is 9.65. The average molecular weight is 379 g/mol. The second-order valence-corrected chi connectivity index (χ2v) is 7.48. The number of sulfonamides is 1. The van der Waals surface area contributed by atoms with Crippen LogP contribution in [0.4, 0.5) is 10.1 Å². The van der Waals surface area contributed by atoms with Crippen LogP contribution in [0.2, 0.25) is 0 Å². The molecule has 0 fully saturated rings. The van der Waals surface area contributed by atoms with Crippen molar-refractivity contribution < 1.29 is 17.6 Å². The lowest BCUT2D eigenvalue weighted by Crippen LogP contribution is -2.35. The fraction of sp³-hybridized carbons (Fsp3) is 0.278. The molecule has 26 heavy (non-hydrogen) atoms. The van der Waals surface area contributed by atoms with Crippen molar-refractivity contribution in [2.75, 3.05) is 31.6 Å². The number of hydrogen-bond donors (Lipinski definition) is 2. The van der Waals surface area contributed by atoms with Gasteiger partial charge in [0.05, 0.1) is 4.90 Å². The number of para-hydroxylation sites is 1. The van der Waals surface area contributed by atoms with Crippen LogP contribution in [0, 0.1) is 5.82 Å². The Hall–Kier alpha value is -2.45. The number of carbonyl (C=O) groups excluding carboxylic acids is 1. The molecule has 0 aliphatic rings. The van der Waals surface area contributed by atoms with Gasteiger partial charge in [0.1, 0.15) is 5.82 Å². The van der Waals surface area contributed by atoms with Crippen LogP contribution in [0.5, 0.6) is 0 Å². The first kappa shape index (κ1) is 19.9. The summed E-state index contributed by atoms with van der Waals surface area (Å²) in [6.45, 7) is 1.06. The van der Waals surface area contributed by atoms with Gasteiger partial charge in [-0.1, -0.05) is 18.2 Å². The maximum absolute atomic E-state index is 12.8. The standard InChI is InChI=1S/C18H22FN3O3S/c1-22(16-5-3-2-4-6-16)14-13-20-18(23)11-12-21-26(24,25)17-9-7-15(19)8-10-17/h2-10,21H,11-14H2,1H3,(H,20,23). The number of benzene rings is 2. The number of halogens is 1. The monoisotopic (exact) mass is 379 g/mol. The Bertz CT molecular complexity index is 811. The molecule has 0 aromatic heterocycles. The molecule has 2 aromatic carbocycles. The van der Waals surface area contributed by atoms with E-state index in [9.17, 15) is 17.6 Å². The third-order valence-electron chi connectivity index (χ3n) is 3.73. The normalized spacial score (nSPS) is 11.2. The molecule has 1 amide bonds. The summed E-state index contributed by atoms with van der Waals surface area (Å²) < 4.78 is 39.2. The van der Waals surface area contributed by atoms with Gasteiger partial charge in [0.15, 0.2) is 0 Å². The zero-order valence-corrected chi connectivity index (χ0v) is 15.3. The molecule has 0 atom stereocenters. The fourth-order valence-corrected chi connectivity index (χ4v) is 3.29. The molecule has 0 aliphatic carbocycles. The lowest BCUT2D eigenvalue weighted by molar-refractivity contribution is -0.120. The summed E-state index contributed by atoms with van der Waals surface area (Å²) in [6.07, 6.45) is 0.0233. The summed E-state index contributed by atoms with van der Waals surface area (Å²) >= 11 is 0. The minimum Gasteiger partial charge on any atom is -0.373 e. The largest absolute Gasteiger partial charge is 0.373 e. The number of hydrogen-bond acceptors (Lipinski definition) is 4. The molecule has 0 saturated carbocycles. The molecule has 2 N–H and O–H groups in total. The Morgan fingerprint density at radius 1 is 1.04 bits per heavy atom. The molecule has 0 spiro atoms. The number of rotatable bonds is 9. The van der Waals surface area contributed by atoms with Crippen LogP contribution in [0.25, 0.3) is 0 Å². The molecule has 6 nitrogen and oxygen atoms in total. The van der Waals surface area contributed by atoms with Crippen LogP contribution >= 0.6 is 0 Å². The van der Waals surface area contributed by atoms with Crippen LogP contribution in [0.1, 0.15) is 6.42 Å². The van der Waals surface area contributed by atoms with E-state index in [2.05, 4.69) is 10.0 Å². The summed E-state index contributed by atoms with van der Waals surface area (Å²) in [5.41, 5.74) is 1.05. The van der Waals surface area contributed by atoms with E-state index < -0.39 is 15.8 Å². The number of carbonyl (C=O) groups is 1. The third-order valence-corrected chi connectivity index (χ3v) is 5.21. The van der Waals surface area contributed by atoms with E-state index in [0.717, 1.165) is 17.8 Å². The van der Waals surface area contributed by atoms with E-state index in [1.54, 1.807) is 0 Å². The molecule has 0 heterocycles. The highest BCUT2D eigenvalue weighted by molar-refractivity contribution is 7.89. The number of nitrogens with zero attached hydrogens (tertiary/aromatic N) is 1. The van der Waals surface area contributed by atoms with Gasteiger partial charge in [-0.3, -0.25) is 4.79 Å². The third kappa shape index (κ3) is 6.12. The van der Waals surface area contributed by atoms with Crippen molar-refractivity contribution in [3.63, 3.8) is 0 Å². The summed E-state index contributed by atoms with van der Waals surface area (Å²) in [5, 5.41) is 2.75. The summed E-state index contributed by atoms with van der Waals surface area (Å²) in [5.74, 6) is -0.753. The Morgan fingerprint density at radius 3 is 2.35 bits per heavy atom. The maximum atomic E-state index is 12.8. The van der Waals surface area contributed by atoms with E-state index in [-0.39, 0.29) is 23.8 Å². The maximum Gasteiger partial charge on any atom is 0.240 e. The van der Waals surface area contributed by atoms with E-state index >= 15 is 0 Å². The topological polar surface area (TPSA) is 78.5 Å². The van der Waals surface area contributed by atoms with E-state index in [1.165, 1.54) is 12.1 Å².